The molecule has 98 valence electrons. The summed E-state index contributed by atoms with van der Waals surface area (Å²) in [5, 5.41) is 0. The van der Waals surface area contributed by atoms with Gasteiger partial charge in [0, 0.05) is 19.5 Å². The molecule has 1 amide bonds. The summed E-state index contributed by atoms with van der Waals surface area (Å²) in [6.45, 7) is 4.19. The molecule has 2 rings (SSSR count). The molecule has 1 aliphatic heterocycles. The number of thiol groups is 1. The molecule has 0 aromatic carbocycles. The Morgan fingerprint density at radius 2 is 2.18 bits per heavy atom. The Labute approximate surface area is 111 Å². The summed E-state index contributed by atoms with van der Waals surface area (Å²) in [4.78, 5) is 14.2. The minimum atomic E-state index is 0.352. The van der Waals surface area contributed by atoms with Crippen molar-refractivity contribution in [3.05, 3.63) is 0 Å². The predicted octanol–water partition coefficient (Wildman–Crippen LogP) is 3.13. The molecule has 0 bridgehead atoms. The van der Waals surface area contributed by atoms with Crippen LogP contribution in [0, 0.1) is 11.3 Å². The number of amides is 1. The van der Waals surface area contributed by atoms with Crippen molar-refractivity contribution in [1.82, 2.24) is 4.90 Å². The first-order valence-corrected chi connectivity index (χ1v) is 7.71. The Morgan fingerprint density at radius 3 is 2.71 bits per heavy atom. The molecule has 0 spiro atoms. The van der Waals surface area contributed by atoms with Crippen LogP contribution >= 0.6 is 12.6 Å². The molecule has 2 aliphatic rings. The molecular weight excluding hydrogens is 230 g/mol. The average Bonchev–Trinajstić information content (AvgIpc) is 2.46. The normalized spacial score (nSPS) is 28.7. The van der Waals surface area contributed by atoms with E-state index >= 15 is 0 Å². The molecular formula is C14H25NOS. The number of nitrogens with zero attached hydrogens (tertiary/aromatic N) is 1. The van der Waals surface area contributed by atoms with Crippen LogP contribution in [-0.4, -0.2) is 29.6 Å². The van der Waals surface area contributed by atoms with Crippen molar-refractivity contribution in [2.24, 2.45) is 11.3 Å². The van der Waals surface area contributed by atoms with Gasteiger partial charge in [0.15, 0.2) is 0 Å². The number of hydrogen-bond acceptors (Lipinski definition) is 2. The number of likely N-dealkylation sites (tertiary alicyclic amines) is 1. The van der Waals surface area contributed by atoms with Gasteiger partial charge in [-0.3, -0.25) is 4.79 Å². The summed E-state index contributed by atoms with van der Waals surface area (Å²) in [6.07, 6.45) is 8.12. The third-order valence-electron chi connectivity index (χ3n) is 4.78. The van der Waals surface area contributed by atoms with Crippen molar-refractivity contribution in [1.29, 1.82) is 0 Å². The van der Waals surface area contributed by atoms with E-state index < -0.39 is 0 Å². The maximum atomic E-state index is 12.1. The fraction of sp³-hybridized carbons (Fsp3) is 0.929. The summed E-state index contributed by atoms with van der Waals surface area (Å²) in [7, 11) is 0. The lowest BCUT2D eigenvalue weighted by Crippen LogP contribution is -2.46. The summed E-state index contributed by atoms with van der Waals surface area (Å²) in [5.74, 6) is 2.08. The zero-order valence-corrected chi connectivity index (χ0v) is 11.8. The highest BCUT2D eigenvalue weighted by Gasteiger charge is 2.38. The minimum absolute atomic E-state index is 0.352. The summed E-state index contributed by atoms with van der Waals surface area (Å²) >= 11 is 4.49. The van der Waals surface area contributed by atoms with E-state index in [4.69, 9.17) is 0 Å². The van der Waals surface area contributed by atoms with E-state index in [1.54, 1.807) is 0 Å². The molecule has 3 heteroatoms. The fourth-order valence-corrected chi connectivity index (χ4v) is 3.53. The van der Waals surface area contributed by atoms with Crippen molar-refractivity contribution in [3.8, 4) is 0 Å². The number of hydrogen-bond donors (Lipinski definition) is 1. The molecule has 1 atom stereocenters. The molecule has 1 heterocycles. The van der Waals surface area contributed by atoms with Crippen LogP contribution in [0.15, 0.2) is 0 Å². The average molecular weight is 255 g/mol. The Hall–Kier alpha value is -0.180. The van der Waals surface area contributed by atoms with Gasteiger partial charge in [0.2, 0.25) is 5.91 Å². The largest absolute Gasteiger partial charge is 0.342 e. The van der Waals surface area contributed by atoms with E-state index in [2.05, 4.69) is 24.5 Å². The van der Waals surface area contributed by atoms with Crippen molar-refractivity contribution in [3.63, 3.8) is 0 Å². The van der Waals surface area contributed by atoms with E-state index in [1.807, 2.05) is 0 Å². The molecule has 1 unspecified atom stereocenters. The quantitative estimate of drug-likeness (QED) is 0.765. The van der Waals surface area contributed by atoms with Gasteiger partial charge in [-0.15, -0.1) is 0 Å². The van der Waals surface area contributed by atoms with Crippen LogP contribution < -0.4 is 0 Å². The first-order chi connectivity index (χ1) is 8.19. The summed E-state index contributed by atoms with van der Waals surface area (Å²) < 4.78 is 0. The van der Waals surface area contributed by atoms with E-state index in [0.29, 0.717) is 11.3 Å². The van der Waals surface area contributed by atoms with Crippen molar-refractivity contribution in [2.45, 2.75) is 51.9 Å². The Bertz CT molecular complexity index is 270. The van der Waals surface area contributed by atoms with Crippen LogP contribution in [0.1, 0.15) is 51.9 Å². The Balaban J connectivity index is 1.93. The number of carbonyl (C=O) groups is 1. The molecule has 1 saturated carbocycles. The zero-order chi connectivity index (χ0) is 12.3. The lowest BCUT2D eigenvalue weighted by Gasteiger charge is -2.44. The smallest absolute Gasteiger partial charge is 0.222 e. The minimum Gasteiger partial charge on any atom is -0.342 e. The maximum absolute atomic E-state index is 12.1. The van der Waals surface area contributed by atoms with E-state index in [-0.39, 0.29) is 0 Å². The van der Waals surface area contributed by atoms with Crippen LogP contribution in [0.4, 0.5) is 0 Å². The van der Waals surface area contributed by atoms with Gasteiger partial charge in [0.1, 0.15) is 0 Å². The number of carbonyl (C=O) groups excluding carboxylic acids is 1. The van der Waals surface area contributed by atoms with Gasteiger partial charge in [-0.05, 0) is 42.8 Å². The predicted molar refractivity (Wildman–Crippen MR) is 74.3 cm³/mol. The molecule has 2 nitrogen and oxygen atoms in total. The van der Waals surface area contributed by atoms with E-state index in [0.717, 1.165) is 37.6 Å². The van der Waals surface area contributed by atoms with Crippen LogP contribution in [-0.2, 0) is 4.79 Å². The van der Waals surface area contributed by atoms with Gasteiger partial charge in [0.25, 0.3) is 0 Å². The van der Waals surface area contributed by atoms with Gasteiger partial charge in [-0.2, -0.15) is 12.6 Å². The third kappa shape index (κ3) is 2.98. The van der Waals surface area contributed by atoms with Crippen molar-refractivity contribution >= 4 is 18.5 Å². The molecule has 2 fully saturated rings. The molecule has 0 N–H and O–H groups in total. The molecule has 17 heavy (non-hydrogen) atoms. The SMILES string of the molecule is CCC1CCC(=O)N(CC2(CS)CCC2)CC1. The first-order valence-electron chi connectivity index (χ1n) is 7.08. The van der Waals surface area contributed by atoms with Crippen molar-refractivity contribution < 1.29 is 4.79 Å². The highest BCUT2D eigenvalue weighted by atomic mass is 32.1. The second-order valence-electron chi connectivity index (χ2n) is 5.93. The van der Waals surface area contributed by atoms with E-state index in [9.17, 15) is 4.79 Å². The lowest BCUT2D eigenvalue weighted by molar-refractivity contribution is -0.133. The van der Waals surface area contributed by atoms with E-state index in [1.165, 1.54) is 32.1 Å². The zero-order valence-electron chi connectivity index (χ0n) is 11.0. The monoisotopic (exact) mass is 255 g/mol. The van der Waals surface area contributed by atoms with Gasteiger partial charge < -0.3 is 4.90 Å². The summed E-state index contributed by atoms with van der Waals surface area (Å²) in [6, 6.07) is 0. The van der Waals surface area contributed by atoms with Gasteiger partial charge in [0.05, 0.1) is 0 Å². The molecule has 1 aliphatic carbocycles. The highest BCUT2D eigenvalue weighted by molar-refractivity contribution is 7.80. The molecule has 1 saturated heterocycles. The highest BCUT2D eigenvalue weighted by Crippen LogP contribution is 2.42. The molecule has 0 aromatic heterocycles. The fourth-order valence-electron chi connectivity index (χ4n) is 3.12. The third-order valence-corrected chi connectivity index (χ3v) is 5.45. The van der Waals surface area contributed by atoms with Crippen LogP contribution in [0.25, 0.3) is 0 Å². The van der Waals surface area contributed by atoms with Gasteiger partial charge in [-0.1, -0.05) is 19.8 Å². The standard InChI is InChI=1S/C14H25NOS/c1-2-12-4-5-13(16)15(9-6-12)10-14(11-17)7-3-8-14/h12,17H,2-11H2,1H3. The number of rotatable bonds is 4. The summed E-state index contributed by atoms with van der Waals surface area (Å²) in [5.41, 5.74) is 0.352. The van der Waals surface area contributed by atoms with Crippen LogP contribution in [0.2, 0.25) is 0 Å². The van der Waals surface area contributed by atoms with Crippen LogP contribution in [0.5, 0.6) is 0 Å². The first kappa shape index (κ1) is 13.3. The molecule has 0 radical (unpaired) electrons. The Morgan fingerprint density at radius 1 is 1.41 bits per heavy atom. The Kier molecular flexibility index (Phi) is 4.40. The second-order valence-corrected chi connectivity index (χ2v) is 6.24. The van der Waals surface area contributed by atoms with Crippen molar-refractivity contribution in [2.75, 3.05) is 18.8 Å². The maximum Gasteiger partial charge on any atom is 0.222 e. The second kappa shape index (κ2) is 5.64. The molecule has 0 aromatic rings. The van der Waals surface area contributed by atoms with Gasteiger partial charge in [-0.25, -0.2) is 0 Å². The van der Waals surface area contributed by atoms with Crippen LogP contribution in [0.3, 0.4) is 0 Å². The topological polar surface area (TPSA) is 20.3 Å². The van der Waals surface area contributed by atoms with Gasteiger partial charge >= 0.3 is 0 Å². The lowest BCUT2D eigenvalue weighted by atomic mass is 9.70.